The molecule has 22 heavy (non-hydrogen) atoms. The van der Waals surface area contributed by atoms with E-state index >= 15 is 0 Å². The van der Waals surface area contributed by atoms with Crippen LogP contribution in [0.1, 0.15) is 22.3 Å². The quantitative estimate of drug-likeness (QED) is 0.368. The van der Waals surface area contributed by atoms with Crippen LogP contribution >= 0.6 is 0 Å². The summed E-state index contributed by atoms with van der Waals surface area (Å²) in [7, 11) is 0. The van der Waals surface area contributed by atoms with Gasteiger partial charge >= 0.3 is 5.97 Å². The number of carbonyl (C=O) groups excluding carboxylic acids is 2. The van der Waals surface area contributed by atoms with Crippen LogP contribution in [0.15, 0.2) is 42.5 Å². The molecule has 0 bridgehead atoms. The highest BCUT2D eigenvalue weighted by molar-refractivity contribution is 6.06. The maximum Gasteiger partial charge on any atom is 0.314 e. The van der Waals surface area contributed by atoms with Crippen molar-refractivity contribution in [2.45, 2.75) is 13.0 Å². The highest BCUT2D eigenvalue weighted by Crippen LogP contribution is 2.16. The van der Waals surface area contributed by atoms with Crippen LogP contribution in [0, 0.1) is 17.5 Å². The first-order valence-electron chi connectivity index (χ1n) is 6.34. The minimum atomic E-state index is -1.40. The number of esters is 1. The number of carbonyl (C=O) groups is 2. The third-order valence-corrected chi connectivity index (χ3v) is 2.86. The molecular weight excluding hydrogens is 297 g/mol. The van der Waals surface area contributed by atoms with Crippen LogP contribution in [0.2, 0.25) is 0 Å². The van der Waals surface area contributed by atoms with Gasteiger partial charge in [-0.1, -0.05) is 30.3 Å². The van der Waals surface area contributed by atoms with Crippen molar-refractivity contribution in [2.24, 2.45) is 0 Å². The molecule has 6 heteroatoms. The smallest absolute Gasteiger partial charge is 0.314 e. The normalized spacial score (nSPS) is 10.3. The van der Waals surface area contributed by atoms with E-state index < -0.39 is 41.2 Å². The number of benzene rings is 2. The van der Waals surface area contributed by atoms with E-state index in [0.717, 1.165) is 5.56 Å². The summed E-state index contributed by atoms with van der Waals surface area (Å²) < 4.78 is 44.1. The van der Waals surface area contributed by atoms with Crippen molar-refractivity contribution in [3.63, 3.8) is 0 Å². The van der Waals surface area contributed by atoms with E-state index in [1.54, 1.807) is 30.3 Å². The zero-order valence-electron chi connectivity index (χ0n) is 11.3. The van der Waals surface area contributed by atoms with Crippen LogP contribution in [-0.4, -0.2) is 11.8 Å². The minimum absolute atomic E-state index is 0.0345. The number of ether oxygens (including phenoxy) is 1. The number of ketones is 1. The molecule has 0 saturated carbocycles. The van der Waals surface area contributed by atoms with Gasteiger partial charge in [-0.15, -0.1) is 0 Å². The molecule has 3 nitrogen and oxygen atoms in total. The van der Waals surface area contributed by atoms with Crippen LogP contribution in [-0.2, 0) is 16.1 Å². The van der Waals surface area contributed by atoms with Crippen molar-refractivity contribution in [1.29, 1.82) is 0 Å². The summed E-state index contributed by atoms with van der Waals surface area (Å²) in [5.41, 5.74) is 0.0397. The van der Waals surface area contributed by atoms with Gasteiger partial charge in [-0.3, -0.25) is 9.59 Å². The van der Waals surface area contributed by atoms with Gasteiger partial charge in [-0.05, 0) is 11.6 Å². The molecule has 0 heterocycles. The lowest BCUT2D eigenvalue weighted by Gasteiger charge is -2.06. The van der Waals surface area contributed by atoms with Crippen LogP contribution in [0.3, 0.4) is 0 Å². The molecule has 2 aromatic carbocycles. The van der Waals surface area contributed by atoms with Gasteiger partial charge in [0, 0.05) is 6.07 Å². The zero-order chi connectivity index (χ0) is 16.1. The van der Waals surface area contributed by atoms with Crippen LogP contribution in [0.5, 0.6) is 0 Å². The van der Waals surface area contributed by atoms with Crippen molar-refractivity contribution in [1.82, 2.24) is 0 Å². The van der Waals surface area contributed by atoms with E-state index in [0.29, 0.717) is 6.07 Å². The molecule has 0 unspecified atom stereocenters. The number of rotatable bonds is 5. The minimum Gasteiger partial charge on any atom is -0.460 e. The molecule has 2 aromatic rings. The Morgan fingerprint density at radius 1 is 0.909 bits per heavy atom. The lowest BCUT2D eigenvalue weighted by Crippen LogP contribution is -2.13. The Labute approximate surface area is 124 Å². The van der Waals surface area contributed by atoms with Crippen LogP contribution in [0.4, 0.5) is 13.2 Å². The SMILES string of the molecule is O=C(CC(=O)c1cc(F)c(F)cc1F)OCc1ccccc1. The van der Waals surface area contributed by atoms with Crippen molar-refractivity contribution < 1.29 is 27.5 Å². The van der Waals surface area contributed by atoms with Gasteiger partial charge in [-0.25, -0.2) is 13.2 Å². The molecule has 0 saturated heterocycles. The summed E-state index contributed by atoms with van der Waals surface area (Å²) in [6.07, 6.45) is -0.755. The van der Waals surface area contributed by atoms with E-state index in [1.165, 1.54) is 0 Å². The average Bonchev–Trinajstić information content (AvgIpc) is 2.50. The topological polar surface area (TPSA) is 43.4 Å². The third kappa shape index (κ3) is 3.94. The fourth-order valence-electron chi connectivity index (χ4n) is 1.75. The Balaban J connectivity index is 1.97. The lowest BCUT2D eigenvalue weighted by atomic mass is 10.1. The van der Waals surface area contributed by atoms with Crippen molar-refractivity contribution in [3.05, 3.63) is 71.0 Å². The highest BCUT2D eigenvalue weighted by Gasteiger charge is 2.19. The first kappa shape index (κ1) is 15.8. The first-order chi connectivity index (χ1) is 10.5. The highest BCUT2D eigenvalue weighted by atomic mass is 19.2. The number of hydrogen-bond acceptors (Lipinski definition) is 3. The van der Waals surface area contributed by atoms with Crippen molar-refractivity contribution in [2.75, 3.05) is 0 Å². The second-order valence-corrected chi connectivity index (χ2v) is 4.49. The molecule has 0 spiro atoms. The monoisotopic (exact) mass is 308 g/mol. The maximum absolute atomic E-state index is 13.4. The predicted molar refractivity (Wildman–Crippen MR) is 71.5 cm³/mol. The van der Waals surface area contributed by atoms with Gasteiger partial charge in [-0.2, -0.15) is 0 Å². The third-order valence-electron chi connectivity index (χ3n) is 2.86. The summed E-state index contributed by atoms with van der Waals surface area (Å²) >= 11 is 0. The van der Waals surface area contributed by atoms with E-state index in [-0.39, 0.29) is 12.7 Å². The average molecular weight is 308 g/mol. The zero-order valence-corrected chi connectivity index (χ0v) is 11.3. The van der Waals surface area contributed by atoms with Gasteiger partial charge in [0.2, 0.25) is 0 Å². The molecule has 0 radical (unpaired) electrons. The van der Waals surface area contributed by atoms with E-state index in [2.05, 4.69) is 0 Å². The molecular formula is C16H11F3O3. The molecule has 114 valence electrons. The summed E-state index contributed by atoms with van der Waals surface area (Å²) in [4.78, 5) is 23.3. The second-order valence-electron chi connectivity index (χ2n) is 4.49. The van der Waals surface area contributed by atoms with Gasteiger partial charge in [0.25, 0.3) is 0 Å². The largest absolute Gasteiger partial charge is 0.460 e. The standard InChI is InChI=1S/C16H11F3O3/c17-12-7-14(19)13(18)6-11(12)15(20)8-16(21)22-9-10-4-2-1-3-5-10/h1-7H,8-9H2. The Hall–Kier alpha value is -2.63. The van der Waals surface area contributed by atoms with Crippen molar-refractivity contribution >= 4 is 11.8 Å². The number of hydrogen-bond donors (Lipinski definition) is 0. The molecule has 0 N–H and O–H groups in total. The van der Waals surface area contributed by atoms with Crippen LogP contribution in [0.25, 0.3) is 0 Å². The van der Waals surface area contributed by atoms with Gasteiger partial charge in [0.05, 0.1) is 5.56 Å². The maximum atomic E-state index is 13.4. The van der Waals surface area contributed by atoms with E-state index in [9.17, 15) is 22.8 Å². The molecule has 0 atom stereocenters. The number of halogens is 3. The Morgan fingerprint density at radius 3 is 2.23 bits per heavy atom. The molecule has 0 aliphatic carbocycles. The summed E-state index contributed by atoms with van der Waals surface area (Å²) in [5, 5.41) is 0. The van der Waals surface area contributed by atoms with Gasteiger partial charge < -0.3 is 4.74 Å². The molecule has 0 aliphatic rings. The molecule has 0 amide bonds. The summed E-state index contributed by atoms with van der Waals surface area (Å²) in [6.45, 7) is -0.0345. The van der Waals surface area contributed by atoms with E-state index in [4.69, 9.17) is 4.74 Å². The lowest BCUT2D eigenvalue weighted by molar-refractivity contribution is -0.143. The van der Waals surface area contributed by atoms with Crippen LogP contribution < -0.4 is 0 Å². The van der Waals surface area contributed by atoms with Gasteiger partial charge in [0.1, 0.15) is 18.8 Å². The molecule has 0 fully saturated rings. The molecule has 2 rings (SSSR count). The Morgan fingerprint density at radius 2 is 1.55 bits per heavy atom. The molecule has 0 aromatic heterocycles. The Bertz CT molecular complexity index is 699. The molecule has 0 aliphatic heterocycles. The Kier molecular flexibility index (Phi) is 4.93. The number of Topliss-reactive ketones (excluding diaryl/α,β-unsaturated/α-hetero) is 1. The van der Waals surface area contributed by atoms with E-state index in [1.807, 2.05) is 0 Å². The summed E-state index contributed by atoms with van der Waals surface area (Å²) in [5.74, 6) is -5.84. The predicted octanol–water partition coefficient (Wildman–Crippen LogP) is 3.42. The fourth-order valence-corrected chi connectivity index (χ4v) is 1.75. The van der Waals surface area contributed by atoms with Crippen molar-refractivity contribution in [3.8, 4) is 0 Å². The summed E-state index contributed by atoms with van der Waals surface area (Å²) in [6, 6.07) is 9.44. The second kappa shape index (κ2) is 6.89. The van der Waals surface area contributed by atoms with Gasteiger partial charge in [0.15, 0.2) is 17.4 Å². The fraction of sp³-hybridized carbons (Fsp3) is 0.125. The first-order valence-corrected chi connectivity index (χ1v) is 6.34.